The summed E-state index contributed by atoms with van der Waals surface area (Å²) < 4.78 is 0. The molecule has 60 valence electrons. The lowest BCUT2D eigenvalue weighted by molar-refractivity contribution is 0.563. The zero-order valence-corrected chi connectivity index (χ0v) is 8.32. The van der Waals surface area contributed by atoms with Crippen LogP contribution in [0.4, 0.5) is 0 Å². The molecule has 10 heavy (non-hydrogen) atoms. The van der Waals surface area contributed by atoms with Crippen molar-refractivity contribution in [3.05, 3.63) is 0 Å². The highest BCUT2D eigenvalue weighted by Gasteiger charge is 2.12. The molecule has 0 saturated carbocycles. The maximum atomic E-state index is 8.35. The first kappa shape index (κ1) is 12.3. The average Bonchev–Trinajstić information content (AvgIpc) is 1.90. The van der Waals surface area contributed by atoms with Gasteiger partial charge in [-0.05, 0) is 0 Å². The van der Waals surface area contributed by atoms with E-state index in [2.05, 4.69) is 26.9 Å². The zero-order chi connectivity index (χ0) is 8.62. The molecule has 0 aliphatic rings. The summed E-state index contributed by atoms with van der Waals surface area (Å²) in [4.78, 5) is 8.35. The van der Waals surface area contributed by atoms with Gasteiger partial charge in [-0.25, -0.2) is 10.2 Å². The first-order chi connectivity index (χ1) is 4.54. The van der Waals surface area contributed by atoms with Gasteiger partial charge in [-0.15, -0.1) is 0 Å². The fourth-order valence-electron chi connectivity index (χ4n) is 0.250. The number of isocyanates is 1. The third-order valence-electron chi connectivity index (χ3n) is 1.91. The summed E-state index contributed by atoms with van der Waals surface area (Å²) in [7, 11) is -0.651. The fraction of sp³-hybridized carbons (Fsp3) is 0.857. The molecule has 2 nitrogen and oxygen atoms in total. The molecule has 0 saturated heterocycles. The van der Waals surface area contributed by atoms with Crippen molar-refractivity contribution in [1.29, 1.82) is 5.41 Å². The van der Waals surface area contributed by atoms with Crippen LogP contribution in [0.1, 0.15) is 13.8 Å². The first-order valence-corrected chi connectivity index (χ1v) is 6.99. The smallest absolute Gasteiger partial charge is 0.222 e. The van der Waals surface area contributed by atoms with Crippen LogP contribution in [-0.2, 0) is 4.79 Å². The highest BCUT2D eigenvalue weighted by Crippen LogP contribution is 2.12. The quantitative estimate of drug-likeness (QED) is 0.375. The summed E-state index contributed by atoms with van der Waals surface area (Å²) in [6, 6.07) is 2.87. The second-order valence-corrected chi connectivity index (χ2v) is 8.72. The normalized spacial score (nSPS) is 9.20. The van der Waals surface area contributed by atoms with Crippen LogP contribution in [0.15, 0.2) is 0 Å². The number of hydrogen-bond donors (Lipinski definition) is 1. The van der Waals surface area contributed by atoms with Crippen molar-refractivity contribution < 1.29 is 4.79 Å². The van der Waals surface area contributed by atoms with Gasteiger partial charge in [0.2, 0.25) is 6.08 Å². The molecule has 0 fully saturated rings. The predicted molar refractivity (Wildman–Crippen MR) is 46.9 cm³/mol. The molecule has 0 bridgehead atoms. The molecule has 0 aromatic carbocycles. The molecule has 0 unspecified atom stereocenters. The minimum absolute atomic E-state index is 0.651. The van der Waals surface area contributed by atoms with Crippen molar-refractivity contribution in [3.63, 3.8) is 0 Å². The summed E-state index contributed by atoms with van der Waals surface area (Å²) in [5.74, 6) is 0. The molecular formula is C7H17NOSi. The Labute approximate surface area is 64.2 Å². The van der Waals surface area contributed by atoms with Gasteiger partial charge in [-0.1, -0.05) is 39.0 Å². The van der Waals surface area contributed by atoms with Crippen molar-refractivity contribution in [3.8, 4) is 0 Å². The van der Waals surface area contributed by atoms with Crippen molar-refractivity contribution in [2.45, 2.75) is 39.0 Å². The van der Waals surface area contributed by atoms with Crippen LogP contribution in [-0.4, -0.2) is 14.2 Å². The monoisotopic (exact) mass is 159 g/mol. The van der Waals surface area contributed by atoms with Crippen molar-refractivity contribution in [2.75, 3.05) is 0 Å². The lowest BCUT2D eigenvalue weighted by Crippen LogP contribution is -2.21. The van der Waals surface area contributed by atoms with E-state index in [1.807, 2.05) is 0 Å². The minimum Gasteiger partial charge on any atom is -0.222 e. The van der Waals surface area contributed by atoms with Crippen LogP contribution in [0.2, 0.25) is 25.2 Å². The standard InChI is InChI=1S/C6H16Si.CHNO/c1-5-7(3,4)6-2;2-1-3/h5-6H2,1-4H3;2H. The van der Waals surface area contributed by atoms with Gasteiger partial charge in [0.15, 0.2) is 0 Å². The van der Waals surface area contributed by atoms with Gasteiger partial charge >= 0.3 is 0 Å². The van der Waals surface area contributed by atoms with E-state index in [9.17, 15) is 0 Å². The summed E-state index contributed by atoms with van der Waals surface area (Å²) in [6.07, 6.45) is 0.750. The average molecular weight is 159 g/mol. The van der Waals surface area contributed by atoms with Crippen LogP contribution in [0.5, 0.6) is 0 Å². The number of nitrogens with one attached hydrogen (secondary N) is 1. The van der Waals surface area contributed by atoms with Gasteiger partial charge in [-0.3, -0.25) is 0 Å². The van der Waals surface area contributed by atoms with Crippen molar-refractivity contribution >= 4 is 14.2 Å². The Kier molecular flexibility index (Phi) is 8.25. The topological polar surface area (TPSA) is 40.9 Å². The van der Waals surface area contributed by atoms with Crippen LogP contribution in [0.25, 0.3) is 0 Å². The van der Waals surface area contributed by atoms with Crippen molar-refractivity contribution in [1.82, 2.24) is 0 Å². The molecule has 0 aromatic heterocycles. The molecule has 0 heterocycles. The van der Waals surface area contributed by atoms with E-state index in [4.69, 9.17) is 10.2 Å². The number of hydrogen-bond acceptors (Lipinski definition) is 2. The summed E-state index contributed by atoms with van der Waals surface area (Å²) >= 11 is 0. The number of carbonyl (C=O) groups excluding carboxylic acids is 1. The van der Waals surface area contributed by atoms with Crippen LogP contribution in [0, 0.1) is 5.41 Å². The molecule has 0 radical (unpaired) electrons. The van der Waals surface area contributed by atoms with Crippen LogP contribution < -0.4 is 0 Å². The summed E-state index contributed by atoms with van der Waals surface area (Å²) in [6.45, 7) is 9.48. The maximum Gasteiger partial charge on any atom is 0.231 e. The maximum absolute atomic E-state index is 8.35. The molecule has 0 aliphatic heterocycles. The third kappa shape index (κ3) is 10.6. The Bertz CT molecular complexity index is 100. The Morgan fingerprint density at radius 1 is 1.30 bits per heavy atom. The molecule has 0 amide bonds. The molecule has 0 atom stereocenters. The second kappa shape index (κ2) is 6.71. The molecule has 0 spiro atoms. The lowest BCUT2D eigenvalue weighted by atomic mass is 10.9. The van der Waals surface area contributed by atoms with E-state index < -0.39 is 8.07 Å². The number of rotatable bonds is 2. The zero-order valence-electron chi connectivity index (χ0n) is 7.32. The Morgan fingerprint density at radius 2 is 1.50 bits per heavy atom. The van der Waals surface area contributed by atoms with E-state index in [-0.39, 0.29) is 0 Å². The van der Waals surface area contributed by atoms with Crippen molar-refractivity contribution in [2.24, 2.45) is 0 Å². The van der Waals surface area contributed by atoms with Gasteiger partial charge in [-0.2, -0.15) is 0 Å². The highest BCUT2D eigenvalue weighted by molar-refractivity contribution is 6.77. The van der Waals surface area contributed by atoms with Gasteiger partial charge in [0.1, 0.15) is 0 Å². The van der Waals surface area contributed by atoms with Gasteiger partial charge in [0, 0.05) is 8.07 Å². The Hall–Kier alpha value is -0.403. The molecule has 0 aromatic rings. The van der Waals surface area contributed by atoms with Crippen LogP contribution in [0.3, 0.4) is 0 Å². The first-order valence-electron chi connectivity index (χ1n) is 3.58. The Balaban J connectivity index is 0. The third-order valence-corrected chi connectivity index (χ3v) is 5.74. The largest absolute Gasteiger partial charge is 0.231 e. The fourth-order valence-corrected chi connectivity index (χ4v) is 0.750. The highest BCUT2D eigenvalue weighted by atomic mass is 28.3. The van der Waals surface area contributed by atoms with Crippen LogP contribution >= 0.6 is 0 Å². The molecule has 0 aliphatic carbocycles. The molecule has 3 heteroatoms. The minimum atomic E-state index is -0.651. The van der Waals surface area contributed by atoms with Gasteiger partial charge in [0.05, 0.1) is 0 Å². The summed E-state index contributed by atoms with van der Waals surface area (Å²) in [5.41, 5.74) is 0. The lowest BCUT2D eigenvalue weighted by Gasteiger charge is -2.15. The molecular weight excluding hydrogens is 142 g/mol. The predicted octanol–water partition coefficient (Wildman–Crippen LogP) is 2.64. The molecule has 0 rings (SSSR count). The summed E-state index contributed by atoms with van der Waals surface area (Å²) in [5, 5.41) is 5.40. The van der Waals surface area contributed by atoms with E-state index >= 15 is 0 Å². The van der Waals surface area contributed by atoms with Gasteiger partial charge < -0.3 is 0 Å². The SMILES string of the molecule is CC[Si](C)(C)CC.N=C=O. The second-order valence-electron chi connectivity index (χ2n) is 2.97. The molecule has 1 N–H and O–H groups in total. The van der Waals surface area contributed by atoms with E-state index in [1.54, 1.807) is 0 Å². The van der Waals surface area contributed by atoms with E-state index in [0.29, 0.717) is 0 Å². The van der Waals surface area contributed by atoms with E-state index in [1.165, 1.54) is 12.1 Å². The Morgan fingerprint density at radius 3 is 1.50 bits per heavy atom. The van der Waals surface area contributed by atoms with Gasteiger partial charge in [0.25, 0.3) is 0 Å². The van der Waals surface area contributed by atoms with E-state index in [0.717, 1.165) is 6.08 Å².